The van der Waals surface area contributed by atoms with Gasteiger partial charge in [0.1, 0.15) is 16.9 Å². The van der Waals surface area contributed by atoms with Gasteiger partial charge in [-0.05, 0) is 79.8 Å². The molecule has 3 N–H and O–H groups in total. The molecular weight excluding hydrogens is 511 g/mol. The quantitative estimate of drug-likeness (QED) is 0.265. The second kappa shape index (κ2) is 12.1. The lowest BCUT2D eigenvalue weighted by Gasteiger charge is -2.38. The fourth-order valence-corrected chi connectivity index (χ4v) is 4.90. The topological polar surface area (TPSA) is 75.8 Å². The summed E-state index contributed by atoms with van der Waals surface area (Å²) in [6.45, 7) is 2.32. The van der Waals surface area contributed by atoms with E-state index in [2.05, 4.69) is 4.90 Å². The molecule has 1 aliphatic heterocycles. The summed E-state index contributed by atoms with van der Waals surface area (Å²) in [7, 11) is 0. The van der Waals surface area contributed by atoms with Crippen molar-refractivity contribution in [3.63, 3.8) is 0 Å². The number of hydrogen-bond acceptors (Lipinski definition) is 5. The van der Waals surface area contributed by atoms with E-state index in [1.807, 2.05) is 12.1 Å². The Labute approximate surface area is 227 Å². The molecule has 1 saturated heterocycles. The van der Waals surface area contributed by atoms with Crippen molar-refractivity contribution in [2.75, 3.05) is 19.6 Å². The van der Waals surface area contributed by atoms with Crippen molar-refractivity contribution < 1.29 is 19.0 Å². The summed E-state index contributed by atoms with van der Waals surface area (Å²) in [5.74, 6) is -0.807. The molecule has 1 unspecified atom stereocenters. The van der Waals surface area contributed by atoms with E-state index in [-0.39, 0.29) is 10.8 Å². The van der Waals surface area contributed by atoms with Gasteiger partial charge >= 0.3 is 5.97 Å². The highest BCUT2D eigenvalue weighted by Crippen LogP contribution is 2.34. The highest BCUT2D eigenvalue weighted by molar-refractivity contribution is 7.80. The summed E-state index contributed by atoms with van der Waals surface area (Å²) in [4.78, 5) is 15.4. The fourth-order valence-electron chi connectivity index (χ4n) is 4.63. The first-order valence-corrected chi connectivity index (χ1v) is 13.1. The molecule has 1 fully saturated rings. The predicted octanol–water partition coefficient (Wildman–Crippen LogP) is 5.78. The summed E-state index contributed by atoms with van der Waals surface area (Å²) in [6, 6.07) is 20.1. The highest BCUT2D eigenvalue weighted by atomic mass is 35.5. The maximum absolute atomic E-state index is 13.5. The molecule has 1 aliphatic rings. The second-order valence-corrected chi connectivity index (χ2v) is 10.3. The van der Waals surface area contributed by atoms with Crippen LogP contribution in [0.15, 0.2) is 72.8 Å². The molecule has 0 radical (unpaired) electrons. The molecule has 0 bridgehead atoms. The monoisotopic (exact) mass is 540 g/mol. The number of esters is 1. The molecule has 1 heterocycles. The number of hydrogen-bond donors (Lipinski definition) is 2. The first-order valence-electron chi connectivity index (χ1n) is 12.3. The molecule has 0 amide bonds. The lowest BCUT2D eigenvalue weighted by Crippen LogP contribution is -2.42. The van der Waals surface area contributed by atoms with Crippen LogP contribution in [0.2, 0.25) is 5.02 Å². The van der Waals surface area contributed by atoms with E-state index in [9.17, 15) is 14.3 Å². The molecule has 3 aromatic carbocycles. The van der Waals surface area contributed by atoms with Crippen LogP contribution in [0.4, 0.5) is 4.39 Å². The van der Waals surface area contributed by atoms with Crippen LogP contribution in [0.5, 0.6) is 0 Å². The Morgan fingerprint density at radius 3 is 2.22 bits per heavy atom. The zero-order chi connectivity index (χ0) is 26.4. The Kier molecular flexibility index (Phi) is 8.92. The van der Waals surface area contributed by atoms with E-state index in [1.165, 1.54) is 12.1 Å². The highest BCUT2D eigenvalue weighted by Gasteiger charge is 2.33. The summed E-state index contributed by atoms with van der Waals surface area (Å²) < 4.78 is 19.4. The molecule has 8 heteroatoms. The zero-order valence-corrected chi connectivity index (χ0v) is 22.0. The Bertz CT molecular complexity index is 1210. The van der Waals surface area contributed by atoms with E-state index in [0.29, 0.717) is 35.4 Å². The van der Waals surface area contributed by atoms with Crippen molar-refractivity contribution >= 4 is 34.8 Å². The van der Waals surface area contributed by atoms with Crippen LogP contribution in [0.25, 0.3) is 0 Å². The molecule has 0 aromatic heterocycles. The molecule has 5 nitrogen and oxygen atoms in total. The van der Waals surface area contributed by atoms with Crippen LogP contribution in [-0.4, -0.2) is 40.6 Å². The van der Waals surface area contributed by atoms with Crippen LogP contribution in [-0.2, 0) is 10.3 Å². The summed E-state index contributed by atoms with van der Waals surface area (Å²) in [5, 5.41) is 11.8. The Balaban J connectivity index is 1.35. The minimum Gasteiger partial charge on any atom is -0.454 e. The van der Waals surface area contributed by atoms with E-state index in [4.69, 9.17) is 34.3 Å². The minimum absolute atomic E-state index is 0.258. The van der Waals surface area contributed by atoms with Gasteiger partial charge in [-0.3, -0.25) is 0 Å². The van der Waals surface area contributed by atoms with Crippen LogP contribution in [0, 0.1) is 5.82 Å². The van der Waals surface area contributed by atoms with Gasteiger partial charge in [0.2, 0.25) is 0 Å². The SMILES string of the molecule is NC(=S)c1ccc(C(=O)OC(CCCN2CCC(O)(c3ccc(Cl)cc3)CC2)c2ccc(F)cc2)cc1. The number of carbonyl (C=O) groups is 1. The van der Waals surface area contributed by atoms with Crippen molar-refractivity contribution in [1.82, 2.24) is 4.90 Å². The molecule has 1 atom stereocenters. The van der Waals surface area contributed by atoms with Gasteiger partial charge in [0.15, 0.2) is 0 Å². The Hall–Kier alpha value is -2.84. The number of aliphatic hydroxyl groups is 1. The molecule has 194 valence electrons. The number of piperidine rings is 1. The van der Waals surface area contributed by atoms with E-state index < -0.39 is 17.7 Å². The third-order valence-electron chi connectivity index (χ3n) is 6.90. The average Bonchev–Trinajstić information content (AvgIpc) is 2.90. The number of rotatable bonds is 9. The fraction of sp³-hybridized carbons (Fsp3) is 0.310. The van der Waals surface area contributed by atoms with E-state index in [0.717, 1.165) is 37.2 Å². The number of nitrogens with zero attached hydrogens (tertiary/aromatic N) is 1. The third kappa shape index (κ3) is 7.14. The number of carbonyl (C=O) groups excluding carboxylic acids is 1. The predicted molar refractivity (Wildman–Crippen MR) is 147 cm³/mol. The van der Waals surface area contributed by atoms with Crippen LogP contribution >= 0.6 is 23.8 Å². The smallest absolute Gasteiger partial charge is 0.338 e. The van der Waals surface area contributed by atoms with Crippen LogP contribution in [0.1, 0.15) is 58.8 Å². The average molecular weight is 541 g/mol. The second-order valence-electron chi connectivity index (χ2n) is 9.41. The molecular formula is C29H30ClFN2O3S. The van der Waals surface area contributed by atoms with E-state index >= 15 is 0 Å². The van der Waals surface area contributed by atoms with Gasteiger partial charge in [-0.2, -0.15) is 0 Å². The first kappa shape index (κ1) is 27.2. The standard InChI is InChI=1S/C29H30ClFN2O3S/c30-24-11-9-23(10-12-24)29(35)15-18-33(19-16-29)17-1-2-26(20-7-13-25(31)14-8-20)36-28(34)22-5-3-21(4-6-22)27(32)37/h3-14,26,35H,1-2,15-19H2,(H2,32,37). The summed E-state index contributed by atoms with van der Waals surface area (Å²) in [5.41, 5.74) is 7.48. The first-order chi connectivity index (χ1) is 17.7. The van der Waals surface area contributed by atoms with Crippen molar-refractivity contribution in [2.45, 2.75) is 37.4 Å². The number of ether oxygens (including phenoxy) is 1. The van der Waals surface area contributed by atoms with Gasteiger partial charge in [-0.1, -0.05) is 60.2 Å². The number of benzene rings is 3. The van der Waals surface area contributed by atoms with Gasteiger partial charge in [0, 0.05) is 23.7 Å². The van der Waals surface area contributed by atoms with Crippen LogP contribution < -0.4 is 5.73 Å². The maximum atomic E-state index is 13.5. The summed E-state index contributed by atoms with van der Waals surface area (Å²) in [6.07, 6.45) is 2.11. The van der Waals surface area contributed by atoms with Crippen molar-refractivity contribution in [1.29, 1.82) is 0 Å². The van der Waals surface area contributed by atoms with Gasteiger partial charge < -0.3 is 20.5 Å². The lowest BCUT2D eigenvalue weighted by molar-refractivity contribution is -0.0270. The molecule has 37 heavy (non-hydrogen) atoms. The van der Waals surface area contributed by atoms with Crippen molar-refractivity contribution in [3.8, 4) is 0 Å². The molecule has 3 aromatic rings. The largest absolute Gasteiger partial charge is 0.454 e. The molecule has 0 spiro atoms. The van der Waals surface area contributed by atoms with Gasteiger partial charge in [-0.25, -0.2) is 9.18 Å². The van der Waals surface area contributed by atoms with E-state index in [1.54, 1.807) is 48.5 Å². The lowest BCUT2D eigenvalue weighted by atomic mass is 9.84. The molecule has 4 rings (SSSR count). The molecule has 0 saturated carbocycles. The maximum Gasteiger partial charge on any atom is 0.338 e. The third-order valence-corrected chi connectivity index (χ3v) is 7.39. The van der Waals surface area contributed by atoms with Crippen molar-refractivity contribution in [2.24, 2.45) is 5.73 Å². The number of thiocarbonyl (C=S) groups is 1. The molecule has 0 aliphatic carbocycles. The zero-order valence-electron chi connectivity index (χ0n) is 20.4. The number of likely N-dealkylation sites (tertiary alicyclic amines) is 1. The van der Waals surface area contributed by atoms with Crippen LogP contribution in [0.3, 0.4) is 0 Å². The normalized spacial score (nSPS) is 16.2. The summed E-state index contributed by atoms with van der Waals surface area (Å²) >= 11 is 11.0. The van der Waals surface area contributed by atoms with Gasteiger partial charge in [-0.15, -0.1) is 0 Å². The Morgan fingerprint density at radius 2 is 1.62 bits per heavy atom. The van der Waals surface area contributed by atoms with Gasteiger partial charge in [0.25, 0.3) is 0 Å². The van der Waals surface area contributed by atoms with Crippen molar-refractivity contribution in [3.05, 3.63) is 106 Å². The Morgan fingerprint density at radius 1 is 1.03 bits per heavy atom. The number of halogens is 2. The minimum atomic E-state index is -0.851. The number of nitrogens with two attached hydrogens (primary N) is 1. The van der Waals surface area contributed by atoms with Gasteiger partial charge in [0.05, 0.1) is 11.2 Å².